The molecule has 2 atom stereocenters. The third kappa shape index (κ3) is 6.82. The number of anilines is 1. The largest absolute Gasteiger partial charge is 0.383 e. The second-order valence-corrected chi connectivity index (χ2v) is 12.1. The second-order valence-electron chi connectivity index (χ2n) is 8.90. The molecule has 9 nitrogen and oxygen atoms in total. The lowest BCUT2D eigenvalue weighted by molar-refractivity contribution is -0.115. The van der Waals surface area contributed by atoms with Crippen LogP contribution in [0.2, 0.25) is 0 Å². The van der Waals surface area contributed by atoms with Gasteiger partial charge >= 0.3 is 0 Å². The number of carbonyl (C=O) groups excluding carboxylic acids is 1. The van der Waals surface area contributed by atoms with E-state index >= 15 is 0 Å². The fourth-order valence-electron chi connectivity index (χ4n) is 4.05. The number of nitrogens with zero attached hydrogens (tertiary/aromatic N) is 4. The molecular weight excluding hydrogens is 522 g/mol. The van der Waals surface area contributed by atoms with Crippen LogP contribution in [-0.2, 0) is 26.0 Å². The number of ether oxygens (including phenoxy) is 1. The summed E-state index contributed by atoms with van der Waals surface area (Å²) in [7, 11) is -2.02. The van der Waals surface area contributed by atoms with E-state index < -0.39 is 15.3 Å². The molecule has 38 heavy (non-hydrogen) atoms. The minimum absolute atomic E-state index is 0.151. The highest BCUT2D eigenvalue weighted by Crippen LogP contribution is 2.32. The Hall–Kier alpha value is -2.73. The van der Waals surface area contributed by atoms with Gasteiger partial charge in [-0.3, -0.25) is 9.36 Å². The Morgan fingerprint density at radius 1 is 1.08 bits per heavy atom. The predicted octanol–water partition coefficient (Wildman–Crippen LogP) is 4.86. The van der Waals surface area contributed by atoms with E-state index in [-0.39, 0.29) is 16.8 Å². The van der Waals surface area contributed by atoms with Gasteiger partial charge in [-0.25, -0.2) is 8.42 Å². The highest BCUT2D eigenvalue weighted by Gasteiger charge is 2.26. The maximum absolute atomic E-state index is 13.1. The number of aromatic nitrogens is 3. The first-order valence-corrected chi connectivity index (χ1v) is 15.1. The summed E-state index contributed by atoms with van der Waals surface area (Å²) in [6.07, 6.45) is 0.933. The number of rotatable bonds is 13. The van der Waals surface area contributed by atoms with Gasteiger partial charge in [-0.2, -0.15) is 4.31 Å². The molecule has 0 saturated carbocycles. The number of benzene rings is 2. The summed E-state index contributed by atoms with van der Waals surface area (Å²) in [5, 5.41) is 11.8. The van der Waals surface area contributed by atoms with E-state index in [1.54, 1.807) is 25.3 Å². The highest BCUT2D eigenvalue weighted by molar-refractivity contribution is 8.00. The lowest BCUT2D eigenvalue weighted by Crippen LogP contribution is -2.30. The number of aryl methyl sites for hydroxylation is 1. The predicted molar refractivity (Wildman–Crippen MR) is 152 cm³/mol. The summed E-state index contributed by atoms with van der Waals surface area (Å²) in [5.41, 5.74) is 2.56. The van der Waals surface area contributed by atoms with Crippen molar-refractivity contribution < 1.29 is 17.9 Å². The molecule has 0 unspecified atom stereocenters. The van der Waals surface area contributed by atoms with Crippen LogP contribution in [0.25, 0.3) is 11.4 Å². The van der Waals surface area contributed by atoms with Crippen molar-refractivity contribution in [2.45, 2.75) is 62.4 Å². The quantitative estimate of drug-likeness (QED) is 0.298. The van der Waals surface area contributed by atoms with Gasteiger partial charge in [0.05, 0.1) is 22.8 Å². The number of thioether (sulfide) groups is 1. The molecule has 1 heterocycles. The van der Waals surface area contributed by atoms with Crippen molar-refractivity contribution >= 4 is 33.4 Å². The summed E-state index contributed by atoms with van der Waals surface area (Å²) in [4.78, 5) is 13.1. The summed E-state index contributed by atoms with van der Waals surface area (Å²) < 4.78 is 35.0. The molecule has 0 bridgehead atoms. The first-order valence-electron chi connectivity index (χ1n) is 12.8. The molecule has 0 radical (unpaired) electrons. The Morgan fingerprint density at radius 3 is 2.37 bits per heavy atom. The van der Waals surface area contributed by atoms with E-state index in [0.717, 1.165) is 12.1 Å². The van der Waals surface area contributed by atoms with E-state index in [4.69, 9.17) is 4.74 Å². The molecule has 0 aliphatic carbocycles. The van der Waals surface area contributed by atoms with Crippen LogP contribution in [-0.4, -0.2) is 65.5 Å². The summed E-state index contributed by atoms with van der Waals surface area (Å²) in [6, 6.07) is 14.4. The van der Waals surface area contributed by atoms with Crippen molar-refractivity contribution in [3.05, 3.63) is 54.1 Å². The summed E-state index contributed by atoms with van der Waals surface area (Å²) in [5.74, 6) is 0.360. The van der Waals surface area contributed by atoms with E-state index in [2.05, 4.69) is 22.4 Å². The number of sulfonamides is 1. The number of methoxy groups -OCH3 is 1. The highest BCUT2D eigenvalue weighted by atomic mass is 32.2. The topological polar surface area (TPSA) is 106 Å². The minimum atomic E-state index is -3.64. The summed E-state index contributed by atoms with van der Waals surface area (Å²) >= 11 is 1.29. The van der Waals surface area contributed by atoms with Crippen LogP contribution in [0.3, 0.4) is 0 Å². The van der Waals surface area contributed by atoms with Crippen molar-refractivity contribution in [2.24, 2.45) is 0 Å². The van der Waals surface area contributed by atoms with Crippen LogP contribution >= 0.6 is 11.8 Å². The lowest BCUT2D eigenvalue weighted by Gasteiger charge is -2.20. The monoisotopic (exact) mass is 559 g/mol. The molecule has 2 aromatic carbocycles. The Kier molecular flexibility index (Phi) is 10.5. The van der Waals surface area contributed by atoms with Gasteiger partial charge in [-0.05, 0) is 50.1 Å². The zero-order valence-corrected chi connectivity index (χ0v) is 24.5. The number of carbonyl (C=O) groups is 1. The number of nitrogens with one attached hydrogen (secondary N) is 1. The normalized spacial score (nSPS) is 13.4. The maximum Gasteiger partial charge on any atom is 0.243 e. The molecule has 0 aliphatic rings. The van der Waals surface area contributed by atoms with E-state index in [1.807, 2.05) is 62.6 Å². The van der Waals surface area contributed by atoms with Crippen molar-refractivity contribution in [3.63, 3.8) is 0 Å². The first-order chi connectivity index (χ1) is 18.2. The molecule has 0 spiro atoms. The van der Waals surface area contributed by atoms with Gasteiger partial charge in [0, 0.05) is 31.5 Å². The molecule has 1 aromatic heterocycles. The minimum Gasteiger partial charge on any atom is -0.383 e. The van der Waals surface area contributed by atoms with Gasteiger partial charge in [0.25, 0.3) is 0 Å². The number of amides is 1. The van der Waals surface area contributed by atoms with Gasteiger partial charge in [0.15, 0.2) is 11.0 Å². The molecule has 0 saturated heterocycles. The zero-order chi connectivity index (χ0) is 27.9. The Morgan fingerprint density at radius 2 is 1.76 bits per heavy atom. The van der Waals surface area contributed by atoms with Crippen LogP contribution in [0.5, 0.6) is 0 Å². The van der Waals surface area contributed by atoms with E-state index in [0.29, 0.717) is 36.2 Å². The smallest absolute Gasteiger partial charge is 0.243 e. The number of hydrogen-bond donors (Lipinski definition) is 1. The van der Waals surface area contributed by atoms with Gasteiger partial charge in [0.1, 0.15) is 0 Å². The molecule has 1 N–H and O–H groups in total. The Balaban J connectivity index is 1.91. The molecule has 3 aromatic rings. The van der Waals surface area contributed by atoms with Gasteiger partial charge in [-0.1, -0.05) is 56.8 Å². The van der Waals surface area contributed by atoms with Crippen LogP contribution < -0.4 is 5.32 Å². The third-order valence-electron chi connectivity index (χ3n) is 6.23. The molecule has 0 aliphatic heterocycles. The van der Waals surface area contributed by atoms with Crippen molar-refractivity contribution in [1.82, 2.24) is 19.1 Å². The fourth-order valence-corrected chi connectivity index (χ4v) is 6.51. The average molecular weight is 560 g/mol. The van der Waals surface area contributed by atoms with Crippen molar-refractivity contribution in [1.29, 1.82) is 0 Å². The lowest BCUT2D eigenvalue weighted by atomic mass is 10.1. The third-order valence-corrected chi connectivity index (χ3v) is 9.33. The zero-order valence-electron chi connectivity index (χ0n) is 22.8. The second kappa shape index (κ2) is 13.4. The Bertz CT molecular complexity index is 1320. The molecule has 11 heteroatoms. The summed E-state index contributed by atoms with van der Waals surface area (Å²) in [6.45, 7) is 10.7. The van der Waals surface area contributed by atoms with E-state index in [9.17, 15) is 13.2 Å². The molecule has 206 valence electrons. The molecule has 3 rings (SSSR count). The van der Waals surface area contributed by atoms with Crippen LogP contribution in [0.4, 0.5) is 5.69 Å². The number of hydrogen-bond acceptors (Lipinski definition) is 7. The molecular formula is C27H37N5O4S2. The Labute approximate surface area is 230 Å². The van der Waals surface area contributed by atoms with E-state index in [1.165, 1.54) is 21.6 Å². The van der Waals surface area contributed by atoms with Crippen molar-refractivity contribution in [3.8, 4) is 11.4 Å². The standard InChI is InChI=1S/C27H37N5O4S2/c1-7-21-13-15-23(16-14-21)28-26(33)20(5)37-27-30-29-25(32(27)19(4)18-36-6)22-11-10-12-24(17-22)38(34,35)31(8-2)9-3/h10-17,19-20H,7-9,18H2,1-6H3,(H,28,33)/t19-,20+/m0/s1. The van der Waals surface area contributed by atoms with Crippen molar-refractivity contribution in [2.75, 3.05) is 32.1 Å². The maximum atomic E-state index is 13.1. The van der Waals surface area contributed by atoms with Gasteiger partial charge in [0.2, 0.25) is 15.9 Å². The van der Waals surface area contributed by atoms with Gasteiger partial charge in [-0.15, -0.1) is 10.2 Å². The molecule has 0 fully saturated rings. The van der Waals surface area contributed by atoms with Crippen LogP contribution in [0, 0.1) is 0 Å². The first kappa shape index (κ1) is 29.8. The fraction of sp³-hybridized carbons (Fsp3) is 0.444. The van der Waals surface area contributed by atoms with Crippen LogP contribution in [0.15, 0.2) is 58.6 Å². The SMILES string of the molecule is CCc1ccc(NC(=O)[C@@H](C)Sc2nnc(-c3cccc(S(=O)(=O)N(CC)CC)c3)n2[C@@H](C)COC)cc1. The molecule has 1 amide bonds. The van der Waals surface area contributed by atoms with Gasteiger partial charge < -0.3 is 10.1 Å². The van der Waals surface area contributed by atoms with Crippen LogP contribution in [0.1, 0.15) is 46.2 Å². The average Bonchev–Trinajstić information content (AvgIpc) is 3.33.